The molecule has 0 radical (unpaired) electrons. The largest absolute Gasteiger partial charge is 0.332 e. The lowest BCUT2D eigenvalue weighted by atomic mass is 9.53. The second-order valence-corrected chi connectivity index (χ2v) is 9.74. The minimum atomic E-state index is -0.490. The van der Waals surface area contributed by atoms with Crippen LogP contribution in [0.3, 0.4) is 0 Å². The maximum absolute atomic E-state index is 12.6. The highest BCUT2D eigenvalue weighted by molar-refractivity contribution is 6.30. The van der Waals surface area contributed by atoms with Crippen molar-refractivity contribution >= 4 is 23.5 Å². The average molecular weight is 404 g/mol. The van der Waals surface area contributed by atoms with Crippen LogP contribution in [0.5, 0.6) is 0 Å². The number of imide groups is 1. The number of amides is 3. The summed E-state index contributed by atoms with van der Waals surface area (Å²) in [5.74, 6) is 1.94. The Morgan fingerprint density at radius 2 is 1.68 bits per heavy atom. The van der Waals surface area contributed by atoms with Crippen LogP contribution in [0.2, 0.25) is 5.02 Å². The number of urea groups is 1. The molecule has 5 rings (SSSR count). The SMILES string of the molecule is C[C@H](N[C@H](C)C(=O)NC(=O)NC12CC3CC(CC(C3)C1)C2)c1cccc(Cl)c1. The predicted octanol–water partition coefficient (Wildman–Crippen LogP) is 4.17. The molecule has 4 bridgehead atoms. The summed E-state index contributed by atoms with van der Waals surface area (Å²) in [5.41, 5.74) is 0.911. The molecule has 0 aliphatic heterocycles. The van der Waals surface area contributed by atoms with Gasteiger partial charge in [0.15, 0.2) is 0 Å². The van der Waals surface area contributed by atoms with Crippen molar-refractivity contribution in [3.8, 4) is 0 Å². The average Bonchev–Trinajstić information content (AvgIpc) is 2.59. The topological polar surface area (TPSA) is 70.2 Å². The number of carbonyl (C=O) groups is 2. The molecule has 6 heteroatoms. The predicted molar refractivity (Wildman–Crippen MR) is 110 cm³/mol. The van der Waals surface area contributed by atoms with Gasteiger partial charge >= 0.3 is 6.03 Å². The van der Waals surface area contributed by atoms with E-state index in [1.807, 2.05) is 31.2 Å². The molecule has 0 saturated heterocycles. The van der Waals surface area contributed by atoms with Crippen LogP contribution in [0.25, 0.3) is 0 Å². The van der Waals surface area contributed by atoms with Crippen LogP contribution >= 0.6 is 11.6 Å². The van der Waals surface area contributed by atoms with Crippen LogP contribution < -0.4 is 16.0 Å². The van der Waals surface area contributed by atoms with E-state index >= 15 is 0 Å². The zero-order valence-corrected chi connectivity index (χ0v) is 17.4. The molecule has 152 valence electrons. The molecule has 4 aliphatic carbocycles. The molecule has 4 saturated carbocycles. The van der Waals surface area contributed by atoms with E-state index in [9.17, 15) is 9.59 Å². The van der Waals surface area contributed by atoms with Gasteiger partial charge in [-0.05, 0) is 87.8 Å². The van der Waals surface area contributed by atoms with Crippen LogP contribution in [0, 0.1) is 17.8 Å². The Labute approximate surface area is 172 Å². The molecule has 0 heterocycles. The maximum Gasteiger partial charge on any atom is 0.321 e. The highest BCUT2D eigenvalue weighted by Crippen LogP contribution is 2.55. The Bertz CT molecular complexity index is 731. The molecule has 0 aromatic heterocycles. The first kappa shape index (κ1) is 19.7. The zero-order chi connectivity index (χ0) is 19.9. The third-order valence-electron chi connectivity index (χ3n) is 6.90. The first-order chi connectivity index (χ1) is 13.3. The van der Waals surface area contributed by atoms with Gasteiger partial charge in [-0.25, -0.2) is 4.79 Å². The number of benzene rings is 1. The van der Waals surface area contributed by atoms with Gasteiger partial charge in [-0.3, -0.25) is 15.4 Å². The van der Waals surface area contributed by atoms with E-state index in [0.29, 0.717) is 5.02 Å². The molecule has 2 atom stereocenters. The van der Waals surface area contributed by atoms with E-state index in [1.165, 1.54) is 19.3 Å². The fourth-order valence-corrected chi connectivity index (χ4v) is 6.28. The molecule has 1 aromatic carbocycles. The quantitative estimate of drug-likeness (QED) is 0.690. The summed E-state index contributed by atoms with van der Waals surface area (Å²) in [5, 5.41) is 9.63. The molecular formula is C22H30ClN3O2. The Kier molecular flexibility index (Phi) is 5.41. The summed E-state index contributed by atoms with van der Waals surface area (Å²) in [7, 11) is 0. The lowest BCUT2D eigenvalue weighted by Crippen LogP contribution is -2.62. The van der Waals surface area contributed by atoms with Gasteiger partial charge in [0.2, 0.25) is 5.91 Å². The van der Waals surface area contributed by atoms with Crippen molar-refractivity contribution < 1.29 is 9.59 Å². The first-order valence-electron chi connectivity index (χ1n) is 10.5. The van der Waals surface area contributed by atoms with Crippen LogP contribution in [0.15, 0.2) is 24.3 Å². The molecule has 3 amide bonds. The summed E-state index contributed by atoms with van der Waals surface area (Å²) in [6, 6.07) is 6.66. The van der Waals surface area contributed by atoms with Crippen molar-refractivity contribution in [2.24, 2.45) is 17.8 Å². The summed E-state index contributed by atoms with van der Waals surface area (Å²) in [6.45, 7) is 3.75. The smallest absolute Gasteiger partial charge is 0.321 e. The third kappa shape index (κ3) is 4.20. The maximum atomic E-state index is 12.6. The number of rotatable bonds is 5. The van der Waals surface area contributed by atoms with Crippen LogP contribution in [0.4, 0.5) is 4.79 Å². The van der Waals surface area contributed by atoms with Gasteiger partial charge in [0.1, 0.15) is 0 Å². The van der Waals surface area contributed by atoms with Gasteiger partial charge in [0, 0.05) is 16.6 Å². The van der Waals surface area contributed by atoms with Crippen LogP contribution in [-0.2, 0) is 4.79 Å². The highest BCUT2D eigenvalue weighted by Gasteiger charge is 2.51. The van der Waals surface area contributed by atoms with Gasteiger partial charge in [-0.2, -0.15) is 0 Å². The van der Waals surface area contributed by atoms with Crippen molar-refractivity contribution in [3.63, 3.8) is 0 Å². The molecule has 0 unspecified atom stereocenters. The van der Waals surface area contributed by atoms with E-state index in [4.69, 9.17) is 11.6 Å². The first-order valence-corrected chi connectivity index (χ1v) is 10.8. The van der Waals surface area contributed by atoms with Gasteiger partial charge < -0.3 is 5.32 Å². The Morgan fingerprint density at radius 3 is 2.25 bits per heavy atom. The summed E-state index contributed by atoms with van der Waals surface area (Å²) >= 11 is 6.04. The number of hydrogen-bond donors (Lipinski definition) is 3. The molecule has 4 aliphatic rings. The molecule has 28 heavy (non-hydrogen) atoms. The van der Waals surface area contributed by atoms with Gasteiger partial charge in [-0.1, -0.05) is 23.7 Å². The highest BCUT2D eigenvalue weighted by atomic mass is 35.5. The fourth-order valence-electron chi connectivity index (χ4n) is 6.08. The van der Waals surface area contributed by atoms with E-state index in [2.05, 4.69) is 16.0 Å². The second kappa shape index (κ2) is 7.68. The van der Waals surface area contributed by atoms with Crippen molar-refractivity contribution in [3.05, 3.63) is 34.9 Å². The Hall–Kier alpha value is -1.59. The van der Waals surface area contributed by atoms with Gasteiger partial charge in [0.25, 0.3) is 0 Å². The number of nitrogens with one attached hydrogen (secondary N) is 3. The van der Waals surface area contributed by atoms with Crippen molar-refractivity contribution in [2.45, 2.75) is 70.0 Å². The van der Waals surface area contributed by atoms with E-state index < -0.39 is 6.04 Å². The number of hydrogen-bond acceptors (Lipinski definition) is 3. The number of halogens is 1. The number of carbonyl (C=O) groups excluding carboxylic acids is 2. The van der Waals surface area contributed by atoms with Crippen molar-refractivity contribution in [2.75, 3.05) is 0 Å². The lowest BCUT2D eigenvalue weighted by molar-refractivity contribution is -0.121. The van der Waals surface area contributed by atoms with Crippen LogP contribution in [-0.4, -0.2) is 23.5 Å². The van der Waals surface area contributed by atoms with Crippen molar-refractivity contribution in [1.29, 1.82) is 0 Å². The normalized spacial score (nSPS) is 32.6. The summed E-state index contributed by atoms with van der Waals surface area (Å²) < 4.78 is 0. The second-order valence-electron chi connectivity index (χ2n) is 9.31. The molecule has 1 aromatic rings. The minimum absolute atomic E-state index is 0.0503. The van der Waals surface area contributed by atoms with E-state index in [-0.39, 0.29) is 23.5 Å². The molecule has 3 N–H and O–H groups in total. The molecule has 5 nitrogen and oxygen atoms in total. The van der Waals surface area contributed by atoms with Crippen molar-refractivity contribution in [1.82, 2.24) is 16.0 Å². The van der Waals surface area contributed by atoms with Gasteiger partial charge in [0.05, 0.1) is 6.04 Å². The summed E-state index contributed by atoms with van der Waals surface area (Å²) in [4.78, 5) is 25.1. The molecule has 0 spiro atoms. The standard InChI is InChI=1S/C22H30ClN3O2/c1-13(18-4-3-5-19(23)9-18)24-14(2)20(27)25-21(28)26-22-10-15-6-16(11-22)8-17(7-15)12-22/h3-5,9,13-17,24H,6-8,10-12H2,1-2H3,(H2,25,26,27,28)/t13-,14+,15?,16?,17?,22?/m0/s1. The zero-order valence-electron chi connectivity index (χ0n) is 16.6. The monoisotopic (exact) mass is 403 g/mol. The van der Waals surface area contributed by atoms with Crippen LogP contribution in [0.1, 0.15) is 64.0 Å². The Balaban J connectivity index is 1.30. The minimum Gasteiger partial charge on any atom is -0.332 e. The van der Waals surface area contributed by atoms with E-state index in [1.54, 1.807) is 6.92 Å². The Morgan fingerprint density at radius 1 is 1.07 bits per heavy atom. The molecular weight excluding hydrogens is 374 g/mol. The summed E-state index contributed by atoms with van der Waals surface area (Å²) in [6.07, 6.45) is 7.18. The van der Waals surface area contributed by atoms with E-state index in [0.717, 1.165) is 42.6 Å². The van der Waals surface area contributed by atoms with Gasteiger partial charge in [-0.15, -0.1) is 0 Å². The third-order valence-corrected chi connectivity index (χ3v) is 7.13. The lowest BCUT2D eigenvalue weighted by Gasteiger charge is -2.56. The fraction of sp³-hybridized carbons (Fsp3) is 0.636. The molecule has 4 fully saturated rings.